The molecule has 2 aliphatic rings. The first-order valence-electron chi connectivity index (χ1n) is 8.57. The lowest BCUT2D eigenvalue weighted by molar-refractivity contribution is -0.147. The van der Waals surface area contributed by atoms with Gasteiger partial charge in [0.25, 0.3) is 0 Å². The van der Waals surface area contributed by atoms with Gasteiger partial charge in [-0.05, 0) is 36.3 Å². The van der Waals surface area contributed by atoms with E-state index in [1.807, 2.05) is 17.0 Å². The molecule has 2 amide bonds. The Hall–Kier alpha value is -2.44. The summed E-state index contributed by atoms with van der Waals surface area (Å²) in [5.41, 5.74) is 0.710. The van der Waals surface area contributed by atoms with Crippen LogP contribution in [0.2, 0.25) is 0 Å². The van der Waals surface area contributed by atoms with Crippen molar-refractivity contribution in [2.75, 3.05) is 19.6 Å². The molecule has 0 bridgehead atoms. The molecule has 0 saturated carbocycles. The van der Waals surface area contributed by atoms with Crippen molar-refractivity contribution in [3.05, 3.63) is 30.1 Å². The first-order valence-corrected chi connectivity index (χ1v) is 8.57. The van der Waals surface area contributed by atoms with Crippen LogP contribution in [-0.4, -0.2) is 63.4 Å². The molecule has 3 rings (SSSR count). The highest BCUT2D eigenvalue weighted by Crippen LogP contribution is 2.43. The molecule has 1 atom stereocenters. The molecule has 134 valence electrons. The minimum absolute atomic E-state index is 0.0686. The average molecular weight is 345 g/mol. The van der Waals surface area contributed by atoms with Gasteiger partial charge >= 0.3 is 5.97 Å². The lowest BCUT2D eigenvalue weighted by Gasteiger charge is -2.39. The maximum absolute atomic E-state index is 12.5. The molecule has 0 aliphatic carbocycles. The van der Waals surface area contributed by atoms with Gasteiger partial charge in [0.15, 0.2) is 0 Å². The summed E-state index contributed by atoms with van der Waals surface area (Å²) in [5, 5.41) is 9.39. The lowest BCUT2D eigenvalue weighted by atomic mass is 9.76. The van der Waals surface area contributed by atoms with Crippen molar-refractivity contribution in [2.24, 2.45) is 5.41 Å². The van der Waals surface area contributed by atoms with Crippen molar-refractivity contribution in [2.45, 2.75) is 38.6 Å². The molecule has 1 aromatic heterocycles. The molecule has 7 heteroatoms. The normalized spacial score (nSPS) is 22.2. The summed E-state index contributed by atoms with van der Waals surface area (Å²) in [6, 6.07) is 2.96. The van der Waals surface area contributed by atoms with E-state index in [1.165, 1.54) is 11.8 Å². The van der Waals surface area contributed by atoms with Gasteiger partial charge in [-0.3, -0.25) is 14.6 Å². The van der Waals surface area contributed by atoms with Crippen molar-refractivity contribution in [1.82, 2.24) is 14.8 Å². The zero-order chi connectivity index (χ0) is 18.0. The first kappa shape index (κ1) is 17.4. The minimum atomic E-state index is -0.942. The Kier molecular flexibility index (Phi) is 4.74. The number of carboxylic acid groups (broad SMARTS) is 1. The summed E-state index contributed by atoms with van der Waals surface area (Å²) in [6.45, 7) is 3.11. The molecule has 2 fully saturated rings. The summed E-state index contributed by atoms with van der Waals surface area (Å²) >= 11 is 0. The van der Waals surface area contributed by atoms with Crippen LogP contribution in [0.15, 0.2) is 24.5 Å². The Morgan fingerprint density at radius 1 is 1.32 bits per heavy atom. The maximum Gasteiger partial charge on any atom is 0.326 e. The second kappa shape index (κ2) is 6.82. The van der Waals surface area contributed by atoms with E-state index in [2.05, 4.69) is 4.98 Å². The number of carbonyl (C=O) groups is 3. The highest BCUT2D eigenvalue weighted by Gasteiger charge is 2.49. The molecule has 2 aliphatic heterocycles. The Balaban J connectivity index is 1.61. The zero-order valence-corrected chi connectivity index (χ0v) is 14.4. The molecular weight excluding hydrogens is 322 g/mol. The minimum Gasteiger partial charge on any atom is -0.480 e. The van der Waals surface area contributed by atoms with Crippen LogP contribution in [0.3, 0.4) is 0 Å². The Morgan fingerprint density at radius 3 is 2.56 bits per heavy atom. The van der Waals surface area contributed by atoms with Crippen LogP contribution in [0.1, 0.15) is 31.7 Å². The Labute approximate surface area is 146 Å². The average Bonchev–Trinajstić information content (AvgIpc) is 2.96. The van der Waals surface area contributed by atoms with Crippen LogP contribution < -0.4 is 0 Å². The SMILES string of the molecule is CC(=O)N1CC2(CCN(C(=O)Cc3cccnc3)CC2)C[C@H]1C(=O)O. The number of aromatic nitrogens is 1. The van der Waals surface area contributed by atoms with E-state index >= 15 is 0 Å². The number of nitrogens with zero attached hydrogens (tertiary/aromatic N) is 3. The number of carbonyl (C=O) groups excluding carboxylic acids is 2. The van der Waals surface area contributed by atoms with Gasteiger partial charge in [0, 0.05) is 39.0 Å². The summed E-state index contributed by atoms with van der Waals surface area (Å²) in [4.78, 5) is 43.0. The number of hydrogen-bond acceptors (Lipinski definition) is 4. The number of likely N-dealkylation sites (tertiary alicyclic amines) is 2. The molecule has 0 unspecified atom stereocenters. The van der Waals surface area contributed by atoms with Gasteiger partial charge in [-0.25, -0.2) is 4.79 Å². The molecule has 0 radical (unpaired) electrons. The fraction of sp³-hybridized carbons (Fsp3) is 0.556. The van der Waals surface area contributed by atoms with Crippen LogP contribution in [0.25, 0.3) is 0 Å². The molecular formula is C18H23N3O4. The number of aliphatic carboxylic acids is 1. The van der Waals surface area contributed by atoms with E-state index in [1.54, 1.807) is 12.4 Å². The van der Waals surface area contributed by atoms with E-state index in [0.29, 0.717) is 32.5 Å². The second-order valence-electron chi connectivity index (χ2n) is 7.12. The van der Waals surface area contributed by atoms with Gasteiger partial charge in [-0.1, -0.05) is 6.07 Å². The largest absolute Gasteiger partial charge is 0.480 e. The smallest absolute Gasteiger partial charge is 0.326 e. The Morgan fingerprint density at radius 2 is 2.04 bits per heavy atom. The summed E-state index contributed by atoms with van der Waals surface area (Å²) < 4.78 is 0. The van der Waals surface area contributed by atoms with E-state index in [-0.39, 0.29) is 17.2 Å². The van der Waals surface area contributed by atoms with E-state index < -0.39 is 12.0 Å². The predicted octanol–water partition coefficient (Wildman–Crippen LogP) is 0.938. The number of piperidine rings is 1. The molecule has 1 aromatic rings. The fourth-order valence-electron chi connectivity index (χ4n) is 3.99. The molecule has 1 N–H and O–H groups in total. The summed E-state index contributed by atoms with van der Waals surface area (Å²) in [6.07, 6.45) is 5.66. The maximum atomic E-state index is 12.5. The third-order valence-corrected chi connectivity index (χ3v) is 5.45. The summed E-state index contributed by atoms with van der Waals surface area (Å²) in [5.74, 6) is -1.07. The topological polar surface area (TPSA) is 90.8 Å². The molecule has 2 saturated heterocycles. The number of amides is 2. The quantitative estimate of drug-likeness (QED) is 0.880. The van der Waals surface area contributed by atoms with Crippen LogP contribution in [0, 0.1) is 5.41 Å². The standard InChI is InChI=1S/C18H23N3O4/c1-13(22)21-12-18(10-15(21)17(24)25)4-7-20(8-5-18)16(23)9-14-3-2-6-19-11-14/h2-3,6,11,15H,4-5,7-10,12H2,1H3,(H,24,25)/t15-/m0/s1. The first-order chi connectivity index (χ1) is 11.9. The fourth-order valence-corrected chi connectivity index (χ4v) is 3.99. The molecule has 25 heavy (non-hydrogen) atoms. The second-order valence-corrected chi connectivity index (χ2v) is 7.12. The zero-order valence-electron chi connectivity index (χ0n) is 14.4. The van der Waals surface area contributed by atoms with Crippen LogP contribution >= 0.6 is 0 Å². The molecule has 3 heterocycles. The third kappa shape index (κ3) is 3.65. The van der Waals surface area contributed by atoms with E-state index in [0.717, 1.165) is 18.4 Å². The highest BCUT2D eigenvalue weighted by molar-refractivity contribution is 5.83. The number of hydrogen-bond donors (Lipinski definition) is 1. The van der Waals surface area contributed by atoms with Crippen LogP contribution in [0.5, 0.6) is 0 Å². The van der Waals surface area contributed by atoms with Crippen LogP contribution in [0.4, 0.5) is 0 Å². The van der Waals surface area contributed by atoms with Crippen molar-refractivity contribution in [3.8, 4) is 0 Å². The lowest BCUT2D eigenvalue weighted by Crippen LogP contribution is -2.45. The van der Waals surface area contributed by atoms with Gasteiger partial charge < -0.3 is 14.9 Å². The van der Waals surface area contributed by atoms with Crippen molar-refractivity contribution >= 4 is 17.8 Å². The summed E-state index contributed by atoms with van der Waals surface area (Å²) in [7, 11) is 0. The number of pyridine rings is 1. The third-order valence-electron chi connectivity index (χ3n) is 5.45. The highest BCUT2D eigenvalue weighted by atomic mass is 16.4. The van der Waals surface area contributed by atoms with Gasteiger partial charge in [0.05, 0.1) is 6.42 Å². The number of carboxylic acids is 1. The molecule has 1 spiro atoms. The molecule has 0 aromatic carbocycles. The van der Waals surface area contributed by atoms with Crippen molar-refractivity contribution in [3.63, 3.8) is 0 Å². The van der Waals surface area contributed by atoms with E-state index in [9.17, 15) is 19.5 Å². The van der Waals surface area contributed by atoms with Gasteiger partial charge in [-0.2, -0.15) is 0 Å². The van der Waals surface area contributed by atoms with Gasteiger partial charge in [0.2, 0.25) is 11.8 Å². The monoisotopic (exact) mass is 345 g/mol. The van der Waals surface area contributed by atoms with Gasteiger partial charge in [-0.15, -0.1) is 0 Å². The predicted molar refractivity (Wildman–Crippen MR) is 89.6 cm³/mol. The molecule has 7 nitrogen and oxygen atoms in total. The van der Waals surface area contributed by atoms with Crippen LogP contribution in [-0.2, 0) is 20.8 Å². The Bertz CT molecular complexity index is 644. The van der Waals surface area contributed by atoms with E-state index in [4.69, 9.17) is 0 Å². The van der Waals surface area contributed by atoms with Crippen molar-refractivity contribution < 1.29 is 19.5 Å². The van der Waals surface area contributed by atoms with Crippen molar-refractivity contribution in [1.29, 1.82) is 0 Å². The van der Waals surface area contributed by atoms with Gasteiger partial charge in [0.1, 0.15) is 6.04 Å². The number of rotatable bonds is 3.